The van der Waals surface area contributed by atoms with Crippen LogP contribution in [-0.2, 0) is 0 Å². The average Bonchev–Trinajstić information content (AvgIpc) is 3.13. The Morgan fingerprint density at radius 3 is 1.93 bits per heavy atom. The molecule has 2 heterocycles. The van der Waals surface area contributed by atoms with Crippen LogP contribution in [0.2, 0.25) is 0 Å². The summed E-state index contributed by atoms with van der Waals surface area (Å²) in [7, 11) is 0. The quantitative estimate of drug-likeness (QED) is 0.691. The van der Waals surface area contributed by atoms with Crippen molar-refractivity contribution in [1.29, 1.82) is 0 Å². The summed E-state index contributed by atoms with van der Waals surface area (Å²) in [6, 6.07) is 20.8. The summed E-state index contributed by atoms with van der Waals surface area (Å²) in [5.74, 6) is 0. The molecule has 0 N–H and O–H groups in total. The average molecular weight is 379 g/mol. The van der Waals surface area contributed by atoms with Crippen molar-refractivity contribution in [3.05, 3.63) is 60.7 Å². The van der Waals surface area contributed by atoms with Gasteiger partial charge in [-0.3, -0.25) is 9.80 Å². The first kappa shape index (κ1) is 18.8. The van der Waals surface area contributed by atoms with Crippen molar-refractivity contribution < 1.29 is 4.79 Å². The number of nitrogens with zero attached hydrogens (tertiary/aromatic N) is 4. The first-order valence-electron chi connectivity index (χ1n) is 10.4. The number of anilines is 2. The predicted molar refractivity (Wildman–Crippen MR) is 115 cm³/mol. The molecule has 0 spiro atoms. The van der Waals surface area contributed by atoms with Gasteiger partial charge in [0.1, 0.15) is 0 Å². The van der Waals surface area contributed by atoms with Crippen molar-refractivity contribution in [2.24, 2.45) is 0 Å². The Kier molecular flexibility index (Phi) is 6.12. The Morgan fingerprint density at radius 1 is 0.643 bits per heavy atom. The van der Waals surface area contributed by atoms with Crippen LogP contribution in [0.25, 0.3) is 0 Å². The molecule has 28 heavy (non-hydrogen) atoms. The summed E-state index contributed by atoms with van der Waals surface area (Å²) >= 11 is 0. The summed E-state index contributed by atoms with van der Waals surface area (Å²) in [6.45, 7) is 8.08. The number of benzene rings is 2. The third-order valence-corrected chi connectivity index (χ3v) is 5.81. The van der Waals surface area contributed by atoms with Crippen LogP contribution < -0.4 is 9.80 Å². The number of hydrogen-bond donors (Lipinski definition) is 0. The molecular weight excluding hydrogens is 348 g/mol. The molecule has 4 rings (SSSR count). The van der Waals surface area contributed by atoms with E-state index in [0.29, 0.717) is 0 Å². The van der Waals surface area contributed by atoms with Gasteiger partial charge in [-0.1, -0.05) is 36.4 Å². The van der Waals surface area contributed by atoms with E-state index in [2.05, 4.69) is 40.1 Å². The zero-order chi connectivity index (χ0) is 19.2. The maximum absolute atomic E-state index is 12.6. The first-order valence-corrected chi connectivity index (χ1v) is 10.4. The van der Waals surface area contributed by atoms with Crippen molar-refractivity contribution >= 4 is 17.4 Å². The Morgan fingerprint density at radius 2 is 1.25 bits per heavy atom. The van der Waals surface area contributed by atoms with Gasteiger partial charge in [0, 0.05) is 57.2 Å². The largest absolute Gasteiger partial charge is 0.369 e. The van der Waals surface area contributed by atoms with E-state index in [4.69, 9.17) is 0 Å². The fourth-order valence-corrected chi connectivity index (χ4v) is 4.14. The van der Waals surface area contributed by atoms with Gasteiger partial charge >= 0.3 is 6.03 Å². The summed E-state index contributed by atoms with van der Waals surface area (Å²) in [4.78, 5) is 21.5. The molecule has 2 saturated heterocycles. The lowest BCUT2D eigenvalue weighted by Crippen LogP contribution is -2.46. The first-order chi connectivity index (χ1) is 13.8. The fraction of sp³-hybridized carbons (Fsp3) is 0.435. The molecule has 0 unspecified atom stereocenters. The van der Waals surface area contributed by atoms with Crippen LogP contribution in [-0.4, -0.2) is 68.2 Å². The summed E-state index contributed by atoms with van der Waals surface area (Å²) < 4.78 is 0. The molecule has 2 aliphatic heterocycles. The Bertz CT molecular complexity index is 744. The Hall–Kier alpha value is -2.53. The van der Waals surface area contributed by atoms with Crippen molar-refractivity contribution in [1.82, 2.24) is 9.80 Å². The fourth-order valence-electron chi connectivity index (χ4n) is 4.14. The molecule has 0 atom stereocenters. The molecule has 2 aliphatic rings. The standard InChI is InChI=1S/C23H30N4O/c28-23-26(19-20-27(23)22-11-5-2-6-12-22)14-8-7-13-24-15-17-25(18-16-24)21-9-3-1-4-10-21/h1-6,9-12H,7-8,13-20H2. The molecular formula is C23H30N4O. The van der Waals surface area contributed by atoms with E-state index in [-0.39, 0.29) is 6.03 Å². The van der Waals surface area contributed by atoms with Crippen LogP contribution in [0.4, 0.5) is 16.2 Å². The minimum atomic E-state index is 0.155. The number of hydrogen-bond acceptors (Lipinski definition) is 3. The van der Waals surface area contributed by atoms with Crippen molar-refractivity contribution in [3.63, 3.8) is 0 Å². The molecule has 0 aliphatic carbocycles. The number of urea groups is 1. The lowest BCUT2D eigenvalue weighted by atomic mass is 10.2. The Balaban J connectivity index is 1.15. The Labute approximate surface area is 168 Å². The number of unbranched alkanes of at least 4 members (excludes halogenated alkanes) is 1. The lowest BCUT2D eigenvalue weighted by Gasteiger charge is -2.36. The molecule has 5 nitrogen and oxygen atoms in total. The number of piperazine rings is 1. The minimum Gasteiger partial charge on any atom is -0.369 e. The third-order valence-electron chi connectivity index (χ3n) is 5.81. The van der Waals surface area contributed by atoms with Crippen LogP contribution in [0.1, 0.15) is 12.8 Å². The SMILES string of the molecule is O=C1N(CCCCN2CCN(c3ccccc3)CC2)CCN1c1ccccc1. The van der Waals surface area contributed by atoms with E-state index in [1.807, 2.05) is 40.1 Å². The minimum absolute atomic E-state index is 0.155. The molecule has 0 saturated carbocycles. The van der Waals surface area contributed by atoms with Crippen LogP contribution in [0, 0.1) is 0 Å². The number of amides is 2. The van der Waals surface area contributed by atoms with Gasteiger partial charge < -0.3 is 9.80 Å². The van der Waals surface area contributed by atoms with Gasteiger partial charge in [-0.05, 0) is 43.7 Å². The molecule has 2 amide bonds. The maximum Gasteiger partial charge on any atom is 0.324 e. The van der Waals surface area contributed by atoms with Crippen molar-refractivity contribution in [2.45, 2.75) is 12.8 Å². The highest BCUT2D eigenvalue weighted by Gasteiger charge is 2.28. The smallest absolute Gasteiger partial charge is 0.324 e. The molecule has 0 aromatic heterocycles. The summed E-state index contributed by atoms with van der Waals surface area (Å²) in [5.41, 5.74) is 2.34. The van der Waals surface area contributed by atoms with Gasteiger partial charge in [-0.15, -0.1) is 0 Å². The van der Waals surface area contributed by atoms with Crippen LogP contribution in [0.15, 0.2) is 60.7 Å². The van der Waals surface area contributed by atoms with Gasteiger partial charge in [0.25, 0.3) is 0 Å². The number of carbonyl (C=O) groups excluding carboxylic acids is 1. The zero-order valence-corrected chi connectivity index (χ0v) is 16.5. The monoisotopic (exact) mass is 378 g/mol. The van der Waals surface area contributed by atoms with E-state index in [1.54, 1.807) is 0 Å². The second-order valence-electron chi connectivity index (χ2n) is 7.63. The topological polar surface area (TPSA) is 30.0 Å². The van der Waals surface area contributed by atoms with Crippen LogP contribution in [0.5, 0.6) is 0 Å². The molecule has 2 fully saturated rings. The number of rotatable bonds is 7. The highest BCUT2D eigenvalue weighted by molar-refractivity contribution is 5.94. The number of para-hydroxylation sites is 2. The second-order valence-corrected chi connectivity index (χ2v) is 7.63. The molecule has 0 radical (unpaired) electrons. The molecule has 0 bridgehead atoms. The van der Waals surface area contributed by atoms with Crippen LogP contribution >= 0.6 is 0 Å². The zero-order valence-electron chi connectivity index (χ0n) is 16.5. The van der Waals surface area contributed by atoms with Gasteiger partial charge in [-0.25, -0.2) is 4.79 Å². The second kappa shape index (κ2) is 9.11. The van der Waals surface area contributed by atoms with Gasteiger partial charge in [0.2, 0.25) is 0 Å². The van der Waals surface area contributed by atoms with Crippen LogP contribution in [0.3, 0.4) is 0 Å². The molecule has 5 heteroatoms. The van der Waals surface area contributed by atoms with E-state index in [1.165, 1.54) is 5.69 Å². The predicted octanol–water partition coefficient (Wildman–Crippen LogP) is 3.53. The van der Waals surface area contributed by atoms with E-state index < -0.39 is 0 Å². The van der Waals surface area contributed by atoms with Gasteiger partial charge in [0.15, 0.2) is 0 Å². The van der Waals surface area contributed by atoms with E-state index in [9.17, 15) is 4.79 Å². The van der Waals surface area contributed by atoms with Crippen molar-refractivity contribution in [3.8, 4) is 0 Å². The molecule has 148 valence electrons. The molecule has 2 aromatic carbocycles. The highest BCUT2D eigenvalue weighted by atomic mass is 16.2. The summed E-state index contributed by atoms with van der Waals surface area (Å²) in [5, 5.41) is 0. The normalized spacial score (nSPS) is 18.1. The maximum atomic E-state index is 12.6. The van der Waals surface area contributed by atoms with Gasteiger partial charge in [0.05, 0.1) is 0 Å². The van der Waals surface area contributed by atoms with E-state index in [0.717, 1.165) is 70.9 Å². The number of carbonyl (C=O) groups is 1. The summed E-state index contributed by atoms with van der Waals surface area (Å²) in [6.07, 6.45) is 2.23. The van der Waals surface area contributed by atoms with E-state index >= 15 is 0 Å². The van der Waals surface area contributed by atoms with Gasteiger partial charge in [-0.2, -0.15) is 0 Å². The van der Waals surface area contributed by atoms with Crippen molar-refractivity contribution in [2.75, 3.05) is 62.2 Å². The highest BCUT2D eigenvalue weighted by Crippen LogP contribution is 2.20. The molecule has 2 aromatic rings. The lowest BCUT2D eigenvalue weighted by molar-refractivity contribution is 0.216. The third kappa shape index (κ3) is 4.47.